The van der Waals surface area contributed by atoms with Crippen molar-refractivity contribution in [1.82, 2.24) is 5.32 Å². The highest BCUT2D eigenvalue weighted by molar-refractivity contribution is 5.92. The predicted octanol–water partition coefficient (Wildman–Crippen LogP) is 1.89. The third-order valence-electron chi connectivity index (χ3n) is 2.39. The molecule has 0 aliphatic carbocycles. The van der Waals surface area contributed by atoms with E-state index in [0.717, 1.165) is 0 Å². The fourth-order valence-corrected chi connectivity index (χ4v) is 1.60. The third kappa shape index (κ3) is 5.49. The van der Waals surface area contributed by atoms with E-state index in [1.807, 2.05) is 13.8 Å². The van der Waals surface area contributed by atoms with Crippen LogP contribution < -0.4 is 5.32 Å². The minimum Gasteiger partial charge on any atom is -0.444 e. The Morgan fingerprint density at radius 1 is 1.39 bits per heavy atom. The van der Waals surface area contributed by atoms with Crippen LogP contribution in [0.5, 0.6) is 0 Å². The molecule has 1 rings (SSSR count). The van der Waals surface area contributed by atoms with Crippen molar-refractivity contribution in [1.29, 1.82) is 0 Å². The van der Waals surface area contributed by atoms with E-state index in [1.54, 1.807) is 20.8 Å². The van der Waals surface area contributed by atoms with E-state index in [0.29, 0.717) is 18.9 Å². The molecule has 0 spiro atoms. The number of carbonyl (C=O) groups excluding carboxylic acids is 2. The molecule has 18 heavy (non-hydrogen) atoms. The Morgan fingerprint density at radius 2 is 1.94 bits per heavy atom. The van der Waals surface area contributed by atoms with E-state index in [2.05, 4.69) is 5.32 Å². The van der Waals surface area contributed by atoms with Gasteiger partial charge in [-0.15, -0.1) is 0 Å². The average Bonchev–Trinajstić information content (AvgIpc) is 2.94. The van der Waals surface area contributed by atoms with E-state index >= 15 is 0 Å². The molecule has 0 aromatic rings. The van der Waals surface area contributed by atoms with Gasteiger partial charge in [0.25, 0.3) is 0 Å². The molecule has 1 aliphatic rings. The summed E-state index contributed by atoms with van der Waals surface area (Å²) in [5.74, 6) is 0.252. The summed E-state index contributed by atoms with van der Waals surface area (Å²) in [6.45, 7) is 9.83. The number of ketones is 1. The summed E-state index contributed by atoms with van der Waals surface area (Å²) in [5.41, 5.74) is -0.564. The minimum absolute atomic E-state index is 0.0606. The number of hydrogen-bond donors (Lipinski definition) is 1. The van der Waals surface area contributed by atoms with Crippen molar-refractivity contribution < 1.29 is 19.1 Å². The van der Waals surface area contributed by atoms with Crippen molar-refractivity contribution in [2.45, 2.75) is 58.8 Å². The summed E-state index contributed by atoms with van der Waals surface area (Å²) in [5, 5.41) is 2.64. The zero-order valence-electron chi connectivity index (χ0n) is 11.8. The van der Waals surface area contributed by atoms with Crippen molar-refractivity contribution in [3.05, 3.63) is 0 Å². The summed E-state index contributed by atoms with van der Waals surface area (Å²) >= 11 is 0. The molecule has 0 saturated carbocycles. The molecule has 1 saturated heterocycles. The van der Waals surface area contributed by atoms with Gasteiger partial charge in [-0.3, -0.25) is 4.79 Å². The first-order chi connectivity index (χ1) is 8.19. The zero-order chi connectivity index (χ0) is 13.9. The number of epoxide rings is 1. The van der Waals surface area contributed by atoms with Gasteiger partial charge in [0.15, 0.2) is 5.78 Å². The van der Waals surface area contributed by atoms with Gasteiger partial charge in [-0.25, -0.2) is 4.79 Å². The molecule has 1 amide bonds. The Morgan fingerprint density at radius 3 is 2.33 bits per heavy atom. The molecule has 5 heteroatoms. The molecule has 1 aliphatic heterocycles. The van der Waals surface area contributed by atoms with E-state index < -0.39 is 17.7 Å². The number of hydrogen-bond acceptors (Lipinski definition) is 4. The molecule has 0 unspecified atom stereocenters. The van der Waals surface area contributed by atoms with Gasteiger partial charge in [0.05, 0.1) is 12.6 Å². The highest BCUT2D eigenvalue weighted by Gasteiger charge is 2.37. The van der Waals surface area contributed by atoms with Crippen LogP contribution in [-0.2, 0) is 14.3 Å². The monoisotopic (exact) mass is 257 g/mol. The van der Waals surface area contributed by atoms with Gasteiger partial charge in [-0.05, 0) is 33.1 Å². The summed E-state index contributed by atoms with van der Waals surface area (Å²) in [4.78, 5) is 23.6. The number of alkyl carbamates (subject to hydrolysis) is 1. The van der Waals surface area contributed by atoms with Crippen LogP contribution in [-0.4, -0.2) is 36.2 Å². The highest BCUT2D eigenvalue weighted by Crippen LogP contribution is 2.17. The summed E-state index contributed by atoms with van der Waals surface area (Å²) < 4.78 is 10.1. The molecule has 0 bridgehead atoms. The van der Waals surface area contributed by atoms with Crippen LogP contribution in [0.4, 0.5) is 4.79 Å². The van der Waals surface area contributed by atoms with Crippen molar-refractivity contribution in [2.24, 2.45) is 5.92 Å². The van der Waals surface area contributed by atoms with E-state index in [-0.39, 0.29) is 11.9 Å². The van der Waals surface area contributed by atoms with Gasteiger partial charge in [-0.1, -0.05) is 13.8 Å². The van der Waals surface area contributed by atoms with E-state index in [9.17, 15) is 9.59 Å². The Bertz CT molecular complexity index is 315. The second kappa shape index (κ2) is 5.69. The molecule has 1 fully saturated rings. The van der Waals surface area contributed by atoms with Crippen LogP contribution in [0.3, 0.4) is 0 Å². The average molecular weight is 257 g/mol. The second-order valence-corrected chi connectivity index (χ2v) is 6.05. The van der Waals surface area contributed by atoms with Crippen LogP contribution in [0.1, 0.15) is 41.0 Å². The van der Waals surface area contributed by atoms with Gasteiger partial charge in [-0.2, -0.15) is 0 Å². The number of nitrogens with one attached hydrogen (secondary N) is 1. The van der Waals surface area contributed by atoms with Gasteiger partial charge < -0.3 is 14.8 Å². The van der Waals surface area contributed by atoms with Crippen LogP contribution in [0.15, 0.2) is 0 Å². The fourth-order valence-electron chi connectivity index (χ4n) is 1.60. The lowest BCUT2D eigenvalue weighted by Gasteiger charge is -2.23. The molecule has 104 valence electrons. The molecule has 0 radical (unpaired) electrons. The van der Waals surface area contributed by atoms with Crippen molar-refractivity contribution >= 4 is 11.9 Å². The molecule has 2 atom stereocenters. The lowest BCUT2D eigenvalue weighted by atomic mass is 9.99. The maximum atomic E-state index is 11.9. The first-order valence-corrected chi connectivity index (χ1v) is 6.34. The number of carbonyl (C=O) groups is 2. The molecular weight excluding hydrogens is 234 g/mol. The van der Waals surface area contributed by atoms with Crippen molar-refractivity contribution in [3.63, 3.8) is 0 Å². The molecule has 5 nitrogen and oxygen atoms in total. The van der Waals surface area contributed by atoms with Gasteiger partial charge >= 0.3 is 6.09 Å². The zero-order valence-corrected chi connectivity index (χ0v) is 11.8. The normalized spacial score (nSPS) is 20.4. The quantitative estimate of drug-likeness (QED) is 0.764. The van der Waals surface area contributed by atoms with Crippen LogP contribution >= 0.6 is 0 Å². The van der Waals surface area contributed by atoms with Gasteiger partial charge in [0.2, 0.25) is 0 Å². The highest BCUT2D eigenvalue weighted by atomic mass is 16.6. The number of rotatable bonds is 5. The third-order valence-corrected chi connectivity index (χ3v) is 2.39. The van der Waals surface area contributed by atoms with Gasteiger partial charge in [0, 0.05) is 0 Å². The Kier molecular flexibility index (Phi) is 4.73. The second-order valence-electron chi connectivity index (χ2n) is 6.05. The lowest BCUT2D eigenvalue weighted by molar-refractivity contribution is -0.122. The molecule has 0 aromatic heterocycles. The fraction of sp³-hybridized carbons (Fsp3) is 0.846. The Labute approximate surface area is 108 Å². The SMILES string of the molecule is CC(C)C[C@H](NC(=O)OC(C)(C)C)C(=O)[C@H]1CO1. The molecule has 1 heterocycles. The van der Waals surface area contributed by atoms with Gasteiger partial charge in [0.1, 0.15) is 11.7 Å². The predicted molar refractivity (Wildman–Crippen MR) is 67.4 cm³/mol. The number of Topliss-reactive ketones (excluding diaryl/α,β-unsaturated/α-hetero) is 1. The smallest absolute Gasteiger partial charge is 0.408 e. The van der Waals surface area contributed by atoms with Crippen LogP contribution in [0.2, 0.25) is 0 Å². The van der Waals surface area contributed by atoms with Crippen molar-refractivity contribution in [2.75, 3.05) is 6.61 Å². The Hall–Kier alpha value is -1.10. The van der Waals surface area contributed by atoms with E-state index in [4.69, 9.17) is 9.47 Å². The molecule has 0 aromatic carbocycles. The lowest BCUT2D eigenvalue weighted by Crippen LogP contribution is -2.45. The topological polar surface area (TPSA) is 67.9 Å². The van der Waals surface area contributed by atoms with E-state index in [1.165, 1.54) is 0 Å². The Balaban J connectivity index is 2.54. The molecule has 1 N–H and O–H groups in total. The maximum absolute atomic E-state index is 11.9. The summed E-state index contributed by atoms with van der Waals surface area (Å²) in [7, 11) is 0. The number of ether oxygens (including phenoxy) is 2. The standard InChI is InChI=1S/C13H23NO4/c1-8(2)6-9(11(15)10-7-17-10)14-12(16)18-13(3,4)5/h8-10H,6-7H2,1-5H3,(H,14,16)/t9-,10+/m0/s1. The van der Waals surface area contributed by atoms with Crippen molar-refractivity contribution in [3.8, 4) is 0 Å². The first kappa shape index (κ1) is 15.0. The number of amides is 1. The summed E-state index contributed by atoms with van der Waals surface area (Å²) in [6.07, 6.45) is -0.302. The van der Waals surface area contributed by atoms with Crippen LogP contribution in [0, 0.1) is 5.92 Å². The van der Waals surface area contributed by atoms with Crippen LogP contribution in [0.25, 0.3) is 0 Å². The maximum Gasteiger partial charge on any atom is 0.408 e. The summed E-state index contributed by atoms with van der Waals surface area (Å²) in [6, 6.07) is -0.521. The first-order valence-electron chi connectivity index (χ1n) is 6.34. The largest absolute Gasteiger partial charge is 0.444 e. The molecular formula is C13H23NO4. The minimum atomic E-state index is -0.564.